The molecule has 1 amide bonds. The summed E-state index contributed by atoms with van der Waals surface area (Å²) in [6, 6.07) is 3.91. The van der Waals surface area contributed by atoms with E-state index in [0.717, 1.165) is 0 Å². The Morgan fingerprint density at radius 1 is 1.29 bits per heavy atom. The minimum Gasteiger partial charge on any atom is -0.494 e. The highest BCUT2D eigenvalue weighted by Crippen LogP contribution is 2.22. The van der Waals surface area contributed by atoms with Crippen LogP contribution in [0.1, 0.15) is 32.4 Å². The van der Waals surface area contributed by atoms with Crippen molar-refractivity contribution >= 4 is 11.9 Å². The zero-order valence-corrected chi connectivity index (χ0v) is 12.4. The first-order valence-corrected chi connectivity index (χ1v) is 6.33. The first kappa shape index (κ1) is 16.7. The molecule has 5 nitrogen and oxygen atoms in total. The second-order valence-electron chi connectivity index (χ2n) is 4.64. The van der Waals surface area contributed by atoms with Crippen molar-refractivity contribution in [2.24, 2.45) is 0 Å². The Balaban J connectivity index is 2.89. The van der Waals surface area contributed by atoms with Gasteiger partial charge in [-0.05, 0) is 38.5 Å². The number of aliphatic carboxylic acids is 1. The lowest BCUT2D eigenvalue weighted by Crippen LogP contribution is -2.28. The predicted octanol–water partition coefficient (Wildman–Crippen LogP) is 2.43. The SMILES string of the molecule is COc1ccc(C(C)NC(=O)C(C)=C(C)C(=O)O)cc1F. The monoisotopic (exact) mass is 295 g/mol. The number of carbonyl (C=O) groups excluding carboxylic acids is 1. The number of halogens is 1. The van der Waals surface area contributed by atoms with Crippen molar-refractivity contribution in [3.8, 4) is 5.75 Å². The number of hydrogen-bond donors (Lipinski definition) is 2. The molecule has 1 aromatic carbocycles. The van der Waals surface area contributed by atoms with Gasteiger partial charge in [-0.15, -0.1) is 0 Å². The van der Waals surface area contributed by atoms with E-state index in [-0.39, 0.29) is 16.9 Å². The van der Waals surface area contributed by atoms with Crippen molar-refractivity contribution in [2.75, 3.05) is 7.11 Å². The molecule has 0 saturated carbocycles. The molecule has 21 heavy (non-hydrogen) atoms. The minimum atomic E-state index is -1.15. The average molecular weight is 295 g/mol. The third-order valence-corrected chi connectivity index (χ3v) is 3.25. The lowest BCUT2D eigenvalue weighted by molar-refractivity contribution is -0.133. The molecule has 0 aliphatic rings. The van der Waals surface area contributed by atoms with E-state index in [1.165, 1.54) is 33.1 Å². The molecule has 0 heterocycles. The van der Waals surface area contributed by atoms with Crippen molar-refractivity contribution in [1.82, 2.24) is 5.32 Å². The fourth-order valence-electron chi connectivity index (χ4n) is 1.67. The molecule has 1 atom stereocenters. The van der Waals surface area contributed by atoms with Crippen molar-refractivity contribution in [3.05, 3.63) is 40.7 Å². The van der Waals surface area contributed by atoms with E-state index in [1.54, 1.807) is 13.0 Å². The molecule has 114 valence electrons. The van der Waals surface area contributed by atoms with Crippen LogP contribution in [-0.4, -0.2) is 24.1 Å². The maximum atomic E-state index is 13.6. The van der Waals surface area contributed by atoms with Crippen molar-refractivity contribution in [3.63, 3.8) is 0 Å². The maximum absolute atomic E-state index is 13.6. The number of hydrogen-bond acceptors (Lipinski definition) is 3. The highest BCUT2D eigenvalue weighted by atomic mass is 19.1. The van der Waals surface area contributed by atoms with Gasteiger partial charge in [-0.1, -0.05) is 6.07 Å². The molecule has 1 unspecified atom stereocenters. The van der Waals surface area contributed by atoms with Crippen LogP contribution in [-0.2, 0) is 9.59 Å². The summed E-state index contributed by atoms with van der Waals surface area (Å²) in [7, 11) is 1.37. The average Bonchev–Trinajstić information content (AvgIpc) is 2.45. The van der Waals surface area contributed by atoms with E-state index in [2.05, 4.69) is 5.32 Å². The quantitative estimate of drug-likeness (QED) is 0.818. The minimum absolute atomic E-state index is 0.0272. The van der Waals surface area contributed by atoms with E-state index >= 15 is 0 Å². The molecule has 0 radical (unpaired) electrons. The number of rotatable bonds is 5. The van der Waals surface area contributed by atoms with Gasteiger partial charge in [0.15, 0.2) is 11.6 Å². The standard InChI is InChI=1S/C15H18FNO4/c1-8(9(2)15(19)20)14(18)17-10(3)11-5-6-13(21-4)12(16)7-11/h5-7,10H,1-4H3,(H,17,18)(H,19,20). The first-order valence-electron chi connectivity index (χ1n) is 6.33. The summed E-state index contributed by atoms with van der Waals surface area (Å²) in [4.78, 5) is 22.7. The summed E-state index contributed by atoms with van der Waals surface area (Å²) in [5.41, 5.74) is 0.645. The smallest absolute Gasteiger partial charge is 0.331 e. The van der Waals surface area contributed by atoms with E-state index in [4.69, 9.17) is 9.84 Å². The van der Waals surface area contributed by atoms with Crippen LogP contribution in [0.15, 0.2) is 29.3 Å². The van der Waals surface area contributed by atoms with Gasteiger partial charge in [-0.25, -0.2) is 9.18 Å². The molecule has 0 aliphatic carbocycles. The number of ether oxygens (including phenoxy) is 1. The molecule has 6 heteroatoms. The van der Waals surface area contributed by atoms with Gasteiger partial charge in [0.1, 0.15) is 0 Å². The molecule has 0 fully saturated rings. The molecule has 1 rings (SSSR count). The van der Waals surface area contributed by atoms with Crippen LogP contribution in [0, 0.1) is 5.82 Å². The van der Waals surface area contributed by atoms with Gasteiger partial charge in [-0.3, -0.25) is 4.79 Å². The van der Waals surface area contributed by atoms with Crippen LogP contribution in [0.3, 0.4) is 0 Å². The van der Waals surface area contributed by atoms with Crippen LogP contribution in [0.5, 0.6) is 5.75 Å². The Morgan fingerprint density at radius 3 is 2.38 bits per heavy atom. The normalized spacial score (nSPS) is 13.2. The van der Waals surface area contributed by atoms with Gasteiger partial charge in [0.25, 0.3) is 0 Å². The predicted molar refractivity (Wildman–Crippen MR) is 75.5 cm³/mol. The molecule has 0 bridgehead atoms. The van der Waals surface area contributed by atoms with Gasteiger partial charge in [0, 0.05) is 11.1 Å². The van der Waals surface area contributed by atoms with Crippen LogP contribution >= 0.6 is 0 Å². The Morgan fingerprint density at radius 2 is 1.90 bits per heavy atom. The van der Waals surface area contributed by atoms with Crippen molar-refractivity contribution in [2.45, 2.75) is 26.8 Å². The number of carboxylic acids is 1. The number of carbonyl (C=O) groups is 2. The van der Waals surface area contributed by atoms with Crippen molar-refractivity contribution in [1.29, 1.82) is 0 Å². The Labute approximate surface area is 122 Å². The second-order valence-corrected chi connectivity index (χ2v) is 4.64. The van der Waals surface area contributed by atoms with Gasteiger partial charge in [0.05, 0.1) is 13.2 Å². The Bertz CT molecular complexity index is 595. The Kier molecular flexibility index (Phi) is 5.46. The van der Waals surface area contributed by atoms with Crippen LogP contribution in [0.2, 0.25) is 0 Å². The van der Waals surface area contributed by atoms with E-state index in [1.807, 2.05) is 0 Å². The molecule has 0 aliphatic heterocycles. The lowest BCUT2D eigenvalue weighted by atomic mass is 10.1. The van der Waals surface area contributed by atoms with E-state index in [9.17, 15) is 14.0 Å². The second kappa shape index (κ2) is 6.88. The summed E-state index contributed by atoms with van der Waals surface area (Å²) in [6.07, 6.45) is 0. The summed E-state index contributed by atoms with van der Waals surface area (Å²) >= 11 is 0. The third-order valence-electron chi connectivity index (χ3n) is 3.25. The van der Waals surface area contributed by atoms with Gasteiger partial charge in [-0.2, -0.15) is 0 Å². The number of carboxylic acid groups (broad SMARTS) is 1. The fourth-order valence-corrected chi connectivity index (χ4v) is 1.67. The molecule has 0 saturated heterocycles. The third kappa shape index (κ3) is 4.05. The number of amides is 1. The summed E-state index contributed by atoms with van der Waals surface area (Å²) in [5, 5.41) is 11.5. The van der Waals surface area contributed by atoms with Crippen LogP contribution in [0.25, 0.3) is 0 Å². The van der Waals surface area contributed by atoms with Crippen molar-refractivity contribution < 1.29 is 23.8 Å². The summed E-state index contributed by atoms with van der Waals surface area (Å²) in [5.74, 6) is -2.05. The molecular weight excluding hydrogens is 277 g/mol. The molecule has 2 N–H and O–H groups in total. The first-order chi connectivity index (χ1) is 9.77. The number of benzene rings is 1. The lowest BCUT2D eigenvalue weighted by Gasteiger charge is -2.16. The largest absolute Gasteiger partial charge is 0.494 e. The summed E-state index contributed by atoms with van der Waals surface area (Å²) in [6.45, 7) is 4.47. The van der Waals surface area contributed by atoms with Crippen LogP contribution < -0.4 is 10.1 Å². The molecule has 0 aromatic heterocycles. The zero-order chi connectivity index (χ0) is 16.2. The van der Waals surface area contributed by atoms with Gasteiger partial charge in [0.2, 0.25) is 5.91 Å². The van der Waals surface area contributed by atoms with Gasteiger partial charge >= 0.3 is 5.97 Å². The highest BCUT2D eigenvalue weighted by molar-refractivity contribution is 6.01. The highest BCUT2D eigenvalue weighted by Gasteiger charge is 2.16. The zero-order valence-electron chi connectivity index (χ0n) is 12.4. The number of methoxy groups -OCH3 is 1. The molecule has 1 aromatic rings. The topological polar surface area (TPSA) is 75.6 Å². The van der Waals surface area contributed by atoms with E-state index in [0.29, 0.717) is 5.56 Å². The van der Waals surface area contributed by atoms with E-state index < -0.39 is 23.7 Å². The Hall–Kier alpha value is -2.37. The summed E-state index contributed by atoms with van der Waals surface area (Å²) < 4.78 is 18.4. The fraction of sp³-hybridized carbons (Fsp3) is 0.333. The maximum Gasteiger partial charge on any atom is 0.331 e. The van der Waals surface area contributed by atoms with Gasteiger partial charge < -0.3 is 15.2 Å². The molecular formula is C15H18FNO4. The molecule has 0 spiro atoms. The van der Waals surface area contributed by atoms with Crippen LogP contribution in [0.4, 0.5) is 4.39 Å². The number of nitrogens with one attached hydrogen (secondary N) is 1.